The lowest BCUT2D eigenvalue weighted by molar-refractivity contribution is 1.40. The SMILES string of the molecule is Cc1cc(-c2ccc(Cl)s2)c(C)cc1N. The summed E-state index contributed by atoms with van der Waals surface area (Å²) in [6.45, 7) is 4.09. The zero-order valence-corrected chi connectivity index (χ0v) is 10.2. The van der Waals surface area contributed by atoms with Gasteiger partial charge in [0.05, 0.1) is 4.34 Å². The van der Waals surface area contributed by atoms with Crippen LogP contribution >= 0.6 is 22.9 Å². The number of thiophene rings is 1. The highest BCUT2D eigenvalue weighted by Crippen LogP contribution is 2.34. The molecule has 1 aromatic carbocycles. The number of anilines is 1. The van der Waals surface area contributed by atoms with Gasteiger partial charge in [-0.1, -0.05) is 11.6 Å². The minimum absolute atomic E-state index is 0.818. The van der Waals surface area contributed by atoms with Gasteiger partial charge in [-0.3, -0.25) is 0 Å². The van der Waals surface area contributed by atoms with Crippen molar-refractivity contribution in [3.8, 4) is 10.4 Å². The molecule has 15 heavy (non-hydrogen) atoms. The Labute approximate surface area is 98.5 Å². The van der Waals surface area contributed by atoms with Crippen LogP contribution in [0.2, 0.25) is 4.34 Å². The molecular weight excluding hydrogens is 226 g/mol. The van der Waals surface area contributed by atoms with Crippen molar-refractivity contribution >= 4 is 28.6 Å². The molecule has 2 N–H and O–H groups in total. The molecule has 2 rings (SSSR count). The molecule has 0 bridgehead atoms. The van der Waals surface area contributed by atoms with E-state index in [4.69, 9.17) is 17.3 Å². The standard InChI is InChI=1S/C12H12ClNS/c1-7-6-10(14)8(2)5-9(7)11-3-4-12(13)15-11/h3-6H,14H2,1-2H3. The van der Waals surface area contributed by atoms with Crippen LogP contribution in [0.5, 0.6) is 0 Å². The molecule has 0 spiro atoms. The van der Waals surface area contributed by atoms with Gasteiger partial charge in [0.15, 0.2) is 0 Å². The third kappa shape index (κ3) is 2.01. The smallest absolute Gasteiger partial charge is 0.0934 e. The Bertz CT molecular complexity index is 502. The fourth-order valence-electron chi connectivity index (χ4n) is 1.56. The van der Waals surface area contributed by atoms with Gasteiger partial charge >= 0.3 is 0 Å². The van der Waals surface area contributed by atoms with Crippen molar-refractivity contribution in [2.45, 2.75) is 13.8 Å². The van der Waals surface area contributed by atoms with Crippen molar-refractivity contribution in [3.63, 3.8) is 0 Å². The first-order valence-corrected chi connectivity index (χ1v) is 5.90. The van der Waals surface area contributed by atoms with Crippen LogP contribution in [-0.2, 0) is 0 Å². The van der Waals surface area contributed by atoms with Gasteiger partial charge in [0.1, 0.15) is 0 Å². The van der Waals surface area contributed by atoms with Gasteiger partial charge < -0.3 is 5.73 Å². The van der Waals surface area contributed by atoms with Crippen LogP contribution in [0.1, 0.15) is 11.1 Å². The number of rotatable bonds is 1. The van der Waals surface area contributed by atoms with E-state index in [-0.39, 0.29) is 0 Å². The van der Waals surface area contributed by atoms with E-state index in [2.05, 4.69) is 13.0 Å². The van der Waals surface area contributed by atoms with Crippen LogP contribution < -0.4 is 5.73 Å². The van der Waals surface area contributed by atoms with Crippen LogP contribution in [0, 0.1) is 13.8 Å². The normalized spacial score (nSPS) is 10.6. The van der Waals surface area contributed by atoms with Gasteiger partial charge in [0.25, 0.3) is 0 Å². The van der Waals surface area contributed by atoms with E-state index in [9.17, 15) is 0 Å². The predicted molar refractivity (Wildman–Crippen MR) is 68.7 cm³/mol. The summed E-state index contributed by atoms with van der Waals surface area (Å²) in [4.78, 5) is 1.20. The van der Waals surface area contributed by atoms with Crippen molar-refractivity contribution in [2.75, 3.05) is 5.73 Å². The molecular formula is C12H12ClNS. The van der Waals surface area contributed by atoms with Crippen molar-refractivity contribution in [1.29, 1.82) is 0 Å². The molecule has 2 aromatic rings. The van der Waals surface area contributed by atoms with Gasteiger partial charge in [0.2, 0.25) is 0 Å². The summed E-state index contributed by atoms with van der Waals surface area (Å²) in [6.07, 6.45) is 0. The van der Waals surface area contributed by atoms with E-state index in [1.807, 2.05) is 25.1 Å². The zero-order chi connectivity index (χ0) is 11.0. The zero-order valence-electron chi connectivity index (χ0n) is 8.67. The summed E-state index contributed by atoms with van der Waals surface area (Å²) >= 11 is 7.52. The fraction of sp³-hybridized carbons (Fsp3) is 0.167. The number of aryl methyl sites for hydroxylation is 2. The molecule has 0 atom stereocenters. The van der Waals surface area contributed by atoms with Crippen molar-refractivity contribution in [3.05, 3.63) is 39.7 Å². The maximum absolute atomic E-state index is 5.93. The lowest BCUT2D eigenvalue weighted by Gasteiger charge is -2.07. The van der Waals surface area contributed by atoms with Crippen LogP contribution in [0.15, 0.2) is 24.3 Å². The minimum Gasteiger partial charge on any atom is -0.399 e. The highest BCUT2D eigenvalue weighted by atomic mass is 35.5. The largest absolute Gasteiger partial charge is 0.399 e. The molecule has 0 radical (unpaired) electrons. The summed E-state index contributed by atoms with van der Waals surface area (Å²) in [5.74, 6) is 0. The fourth-order valence-corrected chi connectivity index (χ4v) is 2.69. The lowest BCUT2D eigenvalue weighted by Crippen LogP contribution is -1.92. The number of hydrogen-bond acceptors (Lipinski definition) is 2. The van der Waals surface area contributed by atoms with Crippen LogP contribution in [0.3, 0.4) is 0 Å². The van der Waals surface area contributed by atoms with E-state index >= 15 is 0 Å². The molecule has 1 heterocycles. The Morgan fingerprint density at radius 1 is 1.13 bits per heavy atom. The number of nitrogen functional groups attached to an aromatic ring is 1. The van der Waals surface area contributed by atoms with E-state index in [0.29, 0.717) is 0 Å². The Hall–Kier alpha value is -0.990. The molecule has 0 amide bonds. The first-order chi connectivity index (χ1) is 7.08. The highest BCUT2D eigenvalue weighted by Gasteiger charge is 2.06. The van der Waals surface area contributed by atoms with E-state index in [1.54, 1.807) is 11.3 Å². The quantitative estimate of drug-likeness (QED) is 0.737. The maximum atomic E-state index is 5.93. The van der Waals surface area contributed by atoms with Crippen molar-refractivity contribution in [1.82, 2.24) is 0 Å². The Morgan fingerprint density at radius 2 is 1.87 bits per heavy atom. The molecule has 0 saturated carbocycles. The summed E-state index contributed by atoms with van der Waals surface area (Å²) in [5, 5.41) is 0. The average molecular weight is 238 g/mol. The molecule has 0 aliphatic heterocycles. The third-order valence-electron chi connectivity index (χ3n) is 2.45. The lowest BCUT2D eigenvalue weighted by atomic mass is 10.0. The van der Waals surface area contributed by atoms with Gasteiger partial charge in [-0.05, 0) is 54.8 Å². The number of nitrogens with two attached hydrogens (primary N) is 1. The summed E-state index contributed by atoms with van der Waals surface area (Å²) in [5.41, 5.74) is 10.2. The summed E-state index contributed by atoms with van der Waals surface area (Å²) < 4.78 is 0.818. The Balaban J connectivity index is 2.58. The second-order valence-corrected chi connectivity index (χ2v) is 5.34. The monoisotopic (exact) mass is 237 g/mol. The molecule has 0 aliphatic rings. The van der Waals surface area contributed by atoms with E-state index in [0.717, 1.165) is 15.6 Å². The van der Waals surface area contributed by atoms with E-state index < -0.39 is 0 Å². The Morgan fingerprint density at radius 3 is 2.47 bits per heavy atom. The Kier molecular flexibility index (Phi) is 2.72. The molecule has 0 aliphatic carbocycles. The maximum Gasteiger partial charge on any atom is 0.0934 e. The van der Waals surface area contributed by atoms with Crippen LogP contribution in [0.4, 0.5) is 5.69 Å². The van der Waals surface area contributed by atoms with Crippen molar-refractivity contribution < 1.29 is 0 Å². The van der Waals surface area contributed by atoms with Gasteiger partial charge in [-0.15, -0.1) is 11.3 Å². The predicted octanol–water partition coefficient (Wildman–Crippen LogP) is 4.27. The molecule has 0 saturated heterocycles. The highest BCUT2D eigenvalue weighted by molar-refractivity contribution is 7.19. The van der Waals surface area contributed by atoms with E-state index in [1.165, 1.54) is 16.0 Å². The third-order valence-corrected chi connectivity index (χ3v) is 3.72. The minimum atomic E-state index is 0.818. The van der Waals surface area contributed by atoms with Crippen LogP contribution in [0.25, 0.3) is 10.4 Å². The second kappa shape index (κ2) is 3.87. The molecule has 1 nitrogen and oxygen atoms in total. The first kappa shape index (κ1) is 10.5. The molecule has 78 valence electrons. The molecule has 3 heteroatoms. The molecule has 0 unspecified atom stereocenters. The first-order valence-electron chi connectivity index (χ1n) is 4.70. The molecule has 1 aromatic heterocycles. The van der Waals surface area contributed by atoms with Gasteiger partial charge in [-0.25, -0.2) is 0 Å². The van der Waals surface area contributed by atoms with Gasteiger partial charge in [-0.2, -0.15) is 0 Å². The summed E-state index contributed by atoms with van der Waals surface area (Å²) in [6, 6.07) is 8.10. The number of hydrogen-bond donors (Lipinski definition) is 1. The number of halogens is 1. The summed E-state index contributed by atoms with van der Waals surface area (Å²) in [7, 11) is 0. The van der Waals surface area contributed by atoms with Gasteiger partial charge in [0, 0.05) is 10.6 Å². The average Bonchev–Trinajstić information content (AvgIpc) is 2.58. The topological polar surface area (TPSA) is 26.0 Å². The van der Waals surface area contributed by atoms with Crippen LogP contribution in [-0.4, -0.2) is 0 Å². The van der Waals surface area contributed by atoms with Crippen molar-refractivity contribution in [2.24, 2.45) is 0 Å². The number of benzene rings is 1. The molecule has 0 fully saturated rings. The second-order valence-electron chi connectivity index (χ2n) is 3.63.